The first-order valence-electron chi connectivity index (χ1n) is 19.8. The van der Waals surface area contributed by atoms with Crippen LogP contribution >= 0.6 is 17.0 Å². The van der Waals surface area contributed by atoms with Crippen LogP contribution in [-0.4, -0.2) is 5.92 Å². The summed E-state index contributed by atoms with van der Waals surface area (Å²) < 4.78 is 0.173. The molecule has 2 aliphatic rings. The molecule has 0 bridgehead atoms. The van der Waals surface area contributed by atoms with Gasteiger partial charge in [-0.2, -0.15) is 0 Å². The van der Waals surface area contributed by atoms with Gasteiger partial charge in [0.2, 0.25) is 0 Å². The van der Waals surface area contributed by atoms with Gasteiger partial charge >= 0.3 is 327 Å². The van der Waals surface area contributed by atoms with Crippen molar-refractivity contribution in [2.24, 2.45) is 0 Å². The third kappa shape index (κ3) is 6.48. The second kappa shape index (κ2) is 14.3. The molecule has 4 aromatic carbocycles. The Bertz CT molecular complexity index is 1940. The van der Waals surface area contributed by atoms with Crippen molar-refractivity contribution >= 4 is 35.1 Å². The van der Waals surface area contributed by atoms with E-state index in [-0.39, 0.29) is 18.1 Å². The maximum absolute atomic E-state index is 8.93. The summed E-state index contributed by atoms with van der Waals surface area (Å²) in [5.41, 5.74) is 19.3. The molecule has 0 spiro atoms. The van der Waals surface area contributed by atoms with Crippen molar-refractivity contribution in [1.82, 2.24) is 0 Å². The molecule has 0 aliphatic heterocycles. The number of hydrogen-bond acceptors (Lipinski definition) is 0. The first kappa shape index (κ1) is 39.7. The van der Waals surface area contributed by atoms with E-state index in [4.69, 9.17) is 17.0 Å². The van der Waals surface area contributed by atoms with E-state index < -0.39 is 21.5 Å². The van der Waals surface area contributed by atoms with Crippen LogP contribution in [0.25, 0.3) is 34.4 Å². The average Bonchev–Trinajstić information content (AvgIpc) is 3.63. The number of hydrogen-bond donors (Lipinski definition) is 0. The SMILES string of the molecule is CCCC1=Cc2c(ccc(C(C)(C)C)c2-c2ccccc2C)[CH]1[Zr]([Cl])([Cl])([CH]1C(CCC)=Cc2c1ccc(C(C)(C)C)c2-c1ccccc1C)[SiH](C)C. The first-order valence-corrected chi connectivity index (χ1v) is 36.1. The van der Waals surface area contributed by atoms with E-state index in [0.29, 0.717) is 0 Å². The Morgan fingerprint density at radius 3 is 1.25 bits per heavy atom. The summed E-state index contributed by atoms with van der Waals surface area (Å²) in [4.78, 5) is 0. The molecule has 2 aliphatic carbocycles. The van der Waals surface area contributed by atoms with Crippen LogP contribution in [0.4, 0.5) is 0 Å². The fourth-order valence-corrected chi connectivity index (χ4v) is 41.2. The molecule has 0 N–H and O–H groups in total. The Hall–Kier alpha value is -1.96. The fourth-order valence-electron chi connectivity index (χ4n) is 9.71. The molecule has 0 amide bonds. The summed E-state index contributed by atoms with van der Waals surface area (Å²) >= 11 is -4.97. The molecule has 0 fully saturated rings. The second-order valence-corrected chi connectivity index (χ2v) is 60.8. The van der Waals surface area contributed by atoms with Crippen LogP contribution in [0.1, 0.15) is 133 Å². The predicted molar refractivity (Wildman–Crippen MR) is 232 cm³/mol. The molecule has 0 nitrogen and oxygen atoms in total. The molecule has 52 heavy (non-hydrogen) atoms. The van der Waals surface area contributed by atoms with E-state index in [1.165, 1.54) is 77.9 Å². The minimum absolute atomic E-state index is 0.0194. The number of aryl methyl sites for hydroxylation is 2. The van der Waals surface area contributed by atoms with Crippen molar-refractivity contribution in [1.29, 1.82) is 0 Å². The molecule has 4 aromatic rings. The summed E-state index contributed by atoms with van der Waals surface area (Å²) in [5, 5.41) is 0. The Labute approximate surface area is 324 Å². The summed E-state index contributed by atoms with van der Waals surface area (Å²) in [7, 11) is 17.9. The van der Waals surface area contributed by atoms with Crippen molar-refractivity contribution in [3.05, 3.63) is 128 Å². The number of rotatable bonds is 9. The Morgan fingerprint density at radius 2 is 0.942 bits per heavy atom. The van der Waals surface area contributed by atoms with E-state index in [0.717, 1.165) is 25.7 Å². The number of halogens is 2. The fraction of sp³-hybridized carbons (Fsp3) is 0.417. The van der Waals surface area contributed by atoms with Gasteiger partial charge in [-0.3, -0.25) is 0 Å². The van der Waals surface area contributed by atoms with Crippen LogP contribution in [0, 0.1) is 13.8 Å². The van der Waals surface area contributed by atoms with E-state index >= 15 is 0 Å². The topological polar surface area (TPSA) is 0 Å². The van der Waals surface area contributed by atoms with Crippen molar-refractivity contribution < 1.29 is 15.6 Å². The van der Waals surface area contributed by atoms with Crippen LogP contribution in [0.3, 0.4) is 0 Å². The normalized spacial score (nSPS) is 18.2. The molecular weight excluding hydrogens is 767 g/mol. The predicted octanol–water partition coefficient (Wildman–Crippen LogP) is 15.4. The van der Waals surface area contributed by atoms with Gasteiger partial charge in [0, 0.05) is 0 Å². The molecule has 2 atom stereocenters. The van der Waals surface area contributed by atoms with Gasteiger partial charge in [-0.15, -0.1) is 0 Å². The van der Waals surface area contributed by atoms with Gasteiger partial charge in [0.15, 0.2) is 0 Å². The monoisotopic (exact) mass is 825 g/mol. The number of fused-ring (bicyclic) bond motifs is 2. The molecule has 0 heterocycles. The summed E-state index contributed by atoms with van der Waals surface area (Å²) in [6.07, 6.45) is 9.32. The molecule has 2 unspecified atom stereocenters. The molecule has 0 aromatic heterocycles. The van der Waals surface area contributed by atoms with Crippen LogP contribution in [0.5, 0.6) is 0 Å². The molecule has 0 saturated heterocycles. The second-order valence-electron chi connectivity index (χ2n) is 18.3. The van der Waals surface area contributed by atoms with Crippen LogP contribution in [-0.2, 0) is 26.4 Å². The summed E-state index contributed by atoms with van der Waals surface area (Å²) in [5.74, 6) is -1.70. The molecule has 0 saturated carbocycles. The van der Waals surface area contributed by atoms with Crippen molar-refractivity contribution in [2.45, 2.75) is 126 Å². The molecule has 275 valence electrons. The quantitative estimate of drug-likeness (QED) is 0.147. The zero-order valence-electron chi connectivity index (χ0n) is 33.9. The van der Waals surface area contributed by atoms with Crippen molar-refractivity contribution in [2.75, 3.05) is 0 Å². The van der Waals surface area contributed by atoms with Crippen LogP contribution in [0.15, 0.2) is 83.9 Å². The first-order chi connectivity index (χ1) is 24.4. The van der Waals surface area contributed by atoms with Gasteiger partial charge in [-0.05, 0) is 0 Å². The van der Waals surface area contributed by atoms with E-state index in [2.05, 4.69) is 167 Å². The maximum atomic E-state index is 8.93. The third-order valence-corrected chi connectivity index (χ3v) is 64.2. The number of benzene rings is 4. The number of allylic oxidation sites excluding steroid dienone is 2. The Kier molecular flexibility index (Phi) is 10.9. The van der Waals surface area contributed by atoms with Gasteiger partial charge in [0.25, 0.3) is 0 Å². The van der Waals surface area contributed by atoms with Gasteiger partial charge < -0.3 is 0 Å². The van der Waals surface area contributed by atoms with Crippen LogP contribution < -0.4 is 0 Å². The Balaban J connectivity index is 1.70. The van der Waals surface area contributed by atoms with E-state index in [1.807, 2.05) is 0 Å². The average molecular weight is 828 g/mol. The van der Waals surface area contributed by atoms with Crippen LogP contribution in [0.2, 0.25) is 13.1 Å². The molecule has 6 rings (SSSR count). The minimum atomic E-state index is -4.97. The van der Waals surface area contributed by atoms with E-state index in [9.17, 15) is 0 Å². The summed E-state index contributed by atoms with van der Waals surface area (Å²) in [6.45, 7) is 28.2. The zero-order valence-corrected chi connectivity index (χ0v) is 39.0. The standard InChI is InChI=1S/2C23H27.C2H7Si.2ClH.Zr/c2*1-6-9-17-14-18-12-13-21(23(3,4)5)22(20(18)15-17)19-11-8-7-10-16(19)2;1-3-2;;;/h2*7-8,10-15H,6,9H2,1-5H3;3H,1-2H3;2*1H;/q;;;;;+2/p-2. The summed E-state index contributed by atoms with van der Waals surface area (Å²) in [6, 6.07) is 27.6. The molecular formula is C48H61Cl2SiZr. The van der Waals surface area contributed by atoms with Gasteiger partial charge in [-0.1, -0.05) is 0 Å². The van der Waals surface area contributed by atoms with Gasteiger partial charge in [0.05, 0.1) is 0 Å². The third-order valence-electron chi connectivity index (χ3n) is 12.3. The Morgan fingerprint density at radius 1 is 0.577 bits per heavy atom. The van der Waals surface area contributed by atoms with Gasteiger partial charge in [-0.25, -0.2) is 0 Å². The van der Waals surface area contributed by atoms with Crippen molar-refractivity contribution in [3.63, 3.8) is 0 Å². The van der Waals surface area contributed by atoms with Crippen molar-refractivity contribution in [3.8, 4) is 22.3 Å². The van der Waals surface area contributed by atoms with Gasteiger partial charge in [0.1, 0.15) is 0 Å². The molecule has 0 radical (unpaired) electrons. The zero-order chi connectivity index (χ0) is 38.0. The molecule has 4 heteroatoms. The van der Waals surface area contributed by atoms with E-state index in [1.54, 1.807) is 0 Å².